The van der Waals surface area contributed by atoms with Crippen LogP contribution in [-0.4, -0.2) is 12.5 Å². The molecule has 1 aromatic carbocycles. The minimum absolute atomic E-state index is 0.0297. The molecule has 1 amide bonds. The first-order valence-electron chi connectivity index (χ1n) is 5.97. The lowest BCUT2D eigenvalue weighted by Crippen LogP contribution is -2.24. The number of benzene rings is 1. The third-order valence-electron chi connectivity index (χ3n) is 2.95. The zero-order valence-corrected chi connectivity index (χ0v) is 11.9. The second-order valence-electron chi connectivity index (χ2n) is 4.27. The van der Waals surface area contributed by atoms with Gasteiger partial charge in [-0.2, -0.15) is 0 Å². The maximum Gasteiger partial charge on any atom is 0.251 e. The van der Waals surface area contributed by atoms with Crippen LogP contribution in [0.2, 0.25) is 0 Å². The van der Waals surface area contributed by atoms with Crippen molar-refractivity contribution in [2.75, 3.05) is 6.54 Å². The second kappa shape index (κ2) is 6.19. The van der Waals surface area contributed by atoms with Gasteiger partial charge in [0, 0.05) is 15.7 Å². The fourth-order valence-electron chi connectivity index (χ4n) is 2.03. The van der Waals surface area contributed by atoms with Gasteiger partial charge in [-0.1, -0.05) is 17.7 Å². The Hall–Kier alpha value is -0.840. The molecule has 0 radical (unpaired) electrons. The minimum atomic E-state index is 0.0297. The van der Waals surface area contributed by atoms with E-state index in [4.69, 9.17) is 0 Å². The number of nitrogens with one attached hydrogen (secondary N) is 1. The van der Waals surface area contributed by atoms with Crippen molar-refractivity contribution < 1.29 is 4.79 Å². The Bertz CT molecular complexity index is 440. The Balaban J connectivity index is 1.81. The molecule has 2 rings (SSSR count). The number of hydrogen-bond acceptors (Lipinski definition) is 1. The lowest BCUT2D eigenvalue weighted by Gasteiger charge is -2.06. The molecule has 1 aliphatic rings. The van der Waals surface area contributed by atoms with Crippen molar-refractivity contribution in [3.63, 3.8) is 0 Å². The van der Waals surface area contributed by atoms with Crippen molar-refractivity contribution in [2.45, 2.75) is 25.7 Å². The van der Waals surface area contributed by atoms with E-state index in [1.165, 1.54) is 24.8 Å². The van der Waals surface area contributed by atoms with Crippen LogP contribution in [0, 0.1) is 3.57 Å². The van der Waals surface area contributed by atoms with E-state index in [1.54, 1.807) is 0 Å². The smallest absolute Gasteiger partial charge is 0.251 e. The van der Waals surface area contributed by atoms with E-state index < -0.39 is 0 Å². The molecule has 0 aromatic heterocycles. The van der Waals surface area contributed by atoms with Gasteiger partial charge in [0.05, 0.1) is 0 Å². The van der Waals surface area contributed by atoms with Gasteiger partial charge in [0.1, 0.15) is 0 Å². The summed E-state index contributed by atoms with van der Waals surface area (Å²) in [4.78, 5) is 11.8. The number of carbonyl (C=O) groups excluding carboxylic acids is 1. The molecule has 0 saturated carbocycles. The normalized spacial score (nSPS) is 14.5. The summed E-state index contributed by atoms with van der Waals surface area (Å²) in [6.07, 6.45) is 6.99. The Morgan fingerprint density at radius 2 is 2.29 bits per heavy atom. The van der Waals surface area contributed by atoms with E-state index in [9.17, 15) is 4.79 Å². The number of halogens is 1. The van der Waals surface area contributed by atoms with Crippen molar-refractivity contribution in [2.24, 2.45) is 0 Å². The first-order valence-corrected chi connectivity index (χ1v) is 7.05. The van der Waals surface area contributed by atoms with Crippen LogP contribution in [0.4, 0.5) is 0 Å². The Morgan fingerprint density at radius 1 is 1.41 bits per heavy atom. The highest BCUT2D eigenvalue weighted by Gasteiger charge is 2.07. The lowest BCUT2D eigenvalue weighted by molar-refractivity contribution is 0.0954. The van der Waals surface area contributed by atoms with Gasteiger partial charge in [-0.05, 0) is 66.5 Å². The minimum Gasteiger partial charge on any atom is -0.352 e. The van der Waals surface area contributed by atoms with E-state index >= 15 is 0 Å². The lowest BCUT2D eigenvalue weighted by atomic mass is 10.1. The van der Waals surface area contributed by atoms with Crippen molar-refractivity contribution >= 4 is 28.5 Å². The zero-order valence-electron chi connectivity index (χ0n) is 9.71. The molecule has 1 aromatic rings. The first-order chi connectivity index (χ1) is 8.25. The molecule has 0 aliphatic heterocycles. The summed E-state index contributed by atoms with van der Waals surface area (Å²) in [6.45, 7) is 0.746. The van der Waals surface area contributed by atoms with Gasteiger partial charge in [0.25, 0.3) is 5.91 Å². The molecular formula is C14H16INO. The molecule has 90 valence electrons. The average Bonchev–Trinajstić information content (AvgIpc) is 2.82. The maximum absolute atomic E-state index is 11.8. The Labute approximate surface area is 116 Å². The van der Waals surface area contributed by atoms with Crippen LogP contribution in [0.3, 0.4) is 0 Å². The van der Waals surface area contributed by atoms with Crippen LogP contribution in [0.1, 0.15) is 36.0 Å². The summed E-state index contributed by atoms with van der Waals surface area (Å²) in [7, 11) is 0. The summed E-state index contributed by atoms with van der Waals surface area (Å²) in [5.74, 6) is 0.0297. The van der Waals surface area contributed by atoms with Crippen LogP contribution >= 0.6 is 22.6 Å². The molecule has 2 nitrogen and oxygen atoms in total. The molecule has 0 saturated heterocycles. The maximum atomic E-state index is 11.8. The molecular weight excluding hydrogens is 325 g/mol. The van der Waals surface area contributed by atoms with Gasteiger partial charge in [0.2, 0.25) is 0 Å². The van der Waals surface area contributed by atoms with Gasteiger partial charge in [-0.3, -0.25) is 4.79 Å². The highest BCUT2D eigenvalue weighted by atomic mass is 127. The molecule has 1 aliphatic carbocycles. The molecule has 0 spiro atoms. The summed E-state index contributed by atoms with van der Waals surface area (Å²) in [6, 6.07) is 7.66. The van der Waals surface area contributed by atoms with E-state index in [-0.39, 0.29) is 5.91 Å². The molecule has 0 fully saturated rings. The summed E-state index contributed by atoms with van der Waals surface area (Å²) < 4.78 is 1.09. The Kier molecular flexibility index (Phi) is 4.59. The number of carbonyl (C=O) groups is 1. The SMILES string of the molecule is O=C(NCCC1=CCCC1)c1cccc(I)c1. The number of allylic oxidation sites excluding steroid dienone is 1. The fraction of sp³-hybridized carbons (Fsp3) is 0.357. The highest BCUT2D eigenvalue weighted by Crippen LogP contribution is 2.19. The van der Waals surface area contributed by atoms with Gasteiger partial charge >= 0.3 is 0 Å². The standard InChI is InChI=1S/C14H16INO/c15-13-7-3-6-12(10-13)14(17)16-9-8-11-4-1-2-5-11/h3-4,6-7,10H,1-2,5,8-9H2,(H,16,17). The van der Waals surface area contributed by atoms with Gasteiger partial charge < -0.3 is 5.32 Å². The second-order valence-corrected chi connectivity index (χ2v) is 5.52. The van der Waals surface area contributed by atoms with Crippen LogP contribution in [-0.2, 0) is 0 Å². The quantitative estimate of drug-likeness (QED) is 0.659. The summed E-state index contributed by atoms with van der Waals surface area (Å²) >= 11 is 2.22. The predicted molar refractivity (Wildman–Crippen MR) is 78.0 cm³/mol. The zero-order chi connectivity index (χ0) is 12.1. The number of rotatable bonds is 4. The van der Waals surface area contributed by atoms with Gasteiger partial charge in [-0.25, -0.2) is 0 Å². The summed E-state index contributed by atoms with van der Waals surface area (Å²) in [5, 5.41) is 2.97. The molecule has 0 atom stereocenters. The van der Waals surface area contributed by atoms with Crippen LogP contribution < -0.4 is 5.32 Å². The predicted octanol–water partition coefficient (Wildman–Crippen LogP) is 3.52. The topological polar surface area (TPSA) is 29.1 Å². The summed E-state index contributed by atoms with van der Waals surface area (Å²) in [5.41, 5.74) is 2.24. The van der Waals surface area contributed by atoms with E-state index in [0.717, 1.165) is 22.1 Å². The average molecular weight is 341 g/mol. The molecule has 17 heavy (non-hydrogen) atoms. The van der Waals surface area contributed by atoms with Crippen molar-refractivity contribution in [1.29, 1.82) is 0 Å². The van der Waals surface area contributed by atoms with Gasteiger partial charge in [0.15, 0.2) is 0 Å². The monoisotopic (exact) mass is 341 g/mol. The number of hydrogen-bond donors (Lipinski definition) is 1. The van der Waals surface area contributed by atoms with Gasteiger partial charge in [-0.15, -0.1) is 0 Å². The Morgan fingerprint density at radius 3 is 3.00 bits per heavy atom. The fourth-order valence-corrected chi connectivity index (χ4v) is 2.58. The van der Waals surface area contributed by atoms with Crippen LogP contribution in [0.25, 0.3) is 0 Å². The molecule has 0 bridgehead atoms. The first kappa shape index (κ1) is 12.6. The van der Waals surface area contributed by atoms with E-state index in [1.807, 2.05) is 24.3 Å². The van der Waals surface area contributed by atoms with E-state index in [0.29, 0.717) is 0 Å². The number of amides is 1. The molecule has 3 heteroatoms. The largest absolute Gasteiger partial charge is 0.352 e. The highest BCUT2D eigenvalue weighted by molar-refractivity contribution is 14.1. The molecule has 1 N–H and O–H groups in total. The third-order valence-corrected chi connectivity index (χ3v) is 3.62. The van der Waals surface area contributed by atoms with Crippen molar-refractivity contribution in [3.05, 3.63) is 45.0 Å². The van der Waals surface area contributed by atoms with Crippen molar-refractivity contribution in [3.8, 4) is 0 Å². The molecule has 0 unspecified atom stereocenters. The third kappa shape index (κ3) is 3.84. The molecule has 0 heterocycles. The van der Waals surface area contributed by atoms with E-state index in [2.05, 4.69) is 34.0 Å². The van der Waals surface area contributed by atoms with Crippen LogP contribution in [0.5, 0.6) is 0 Å². The van der Waals surface area contributed by atoms with Crippen molar-refractivity contribution in [1.82, 2.24) is 5.32 Å². The van der Waals surface area contributed by atoms with Crippen LogP contribution in [0.15, 0.2) is 35.9 Å².